The van der Waals surface area contributed by atoms with E-state index >= 15 is 0 Å². The first-order valence-corrected chi connectivity index (χ1v) is 10.3. The van der Waals surface area contributed by atoms with Crippen LogP contribution in [0.3, 0.4) is 0 Å². The molecule has 2 heterocycles. The Morgan fingerprint density at radius 2 is 1.90 bits per heavy atom. The first kappa shape index (κ1) is 19.3. The molecule has 0 radical (unpaired) electrons. The minimum Gasteiger partial charge on any atom is -0.361 e. The summed E-state index contributed by atoms with van der Waals surface area (Å²) in [5, 5.41) is 12.8. The number of para-hydroxylation sites is 1. The molecule has 0 spiro atoms. The van der Waals surface area contributed by atoms with Crippen LogP contribution in [0.1, 0.15) is 31.7 Å². The number of nitrogens with zero attached hydrogens (tertiary/aromatic N) is 2. The molecule has 5 nitrogen and oxygen atoms in total. The lowest BCUT2D eigenvalue weighted by Crippen LogP contribution is -2.18. The molecule has 0 unspecified atom stereocenters. The molecule has 4 rings (SSSR count). The molecule has 7 heteroatoms. The predicted octanol–water partition coefficient (Wildman–Crippen LogP) is 5.59. The van der Waals surface area contributed by atoms with Crippen LogP contribution < -0.4 is 5.32 Å². The second-order valence-electron chi connectivity index (χ2n) is 7.28. The van der Waals surface area contributed by atoms with Gasteiger partial charge in [-0.25, -0.2) is 4.39 Å². The highest BCUT2D eigenvalue weighted by Gasteiger charge is 2.23. The van der Waals surface area contributed by atoms with Gasteiger partial charge in [0, 0.05) is 29.1 Å². The maximum absolute atomic E-state index is 13.9. The van der Waals surface area contributed by atoms with Gasteiger partial charge in [0.25, 0.3) is 0 Å². The standard InChI is InChI=1S/C22H21FN4OS/c1-13(2)16(17-12-24-19-10-6-4-7-14(17)19)11-20(28)25-22-27-26-21(29-22)15-8-3-5-9-18(15)23/h3-10,12-13,16,24H,11H2,1-2H3,(H,25,27,28)/t16-/m0/s1. The third kappa shape index (κ3) is 4.05. The van der Waals surface area contributed by atoms with Crippen LogP contribution >= 0.6 is 11.3 Å². The van der Waals surface area contributed by atoms with E-state index in [1.807, 2.05) is 24.4 Å². The van der Waals surface area contributed by atoms with Gasteiger partial charge >= 0.3 is 0 Å². The summed E-state index contributed by atoms with van der Waals surface area (Å²) in [5.74, 6) is -0.153. The van der Waals surface area contributed by atoms with Crippen molar-refractivity contribution in [2.45, 2.75) is 26.2 Å². The SMILES string of the molecule is CC(C)[C@H](CC(=O)Nc1nnc(-c2ccccc2F)s1)c1c[nH]c2ccccc12. The number of hydrogen-bond acceptors (Lipinski definition) is 4. The van der Waals surface area contributed by atoms with Crippen LogP contribution in [-0.4, -0.2) is 21.1 Å². The smallest absolute Gasteiger partial charge is 0.226 e. The second kappa shape index (κ2) is 8.13. The quantitative estimate of drug-likeness (QED) is 0.437. The molecule has 2 aromatic carbocycles. The zero-order valence-electron chi connectivity index (χ0n) is 16.1. The molecule has 0 bridgehead atoms. The fraction of sp³-hybridized carbons (Fsp3) is 0.227. The summed E-state index contributed by atoms with van der Waals surface area (Å²) in [6.45, 7) is 4.22. The number of rotatable bonds is 6. The lowest BCUT2D eigenvalue weighted by atomic mass is 9.85. The molecule has 1 amide bonds. The van der Waals surface area contributed by atoms with Gasteiger partial charge in [0.2, 0.25) is 11.0 Å². The largest absolute Gasteiger partial charge is 0.361 e. The van der Waals surface area contributed by atoms with E-state index in [1.54, 1.807) is 18.2 Å². The van der Waals surface area contributed by atoms with Crippen LogP contribution in [-0.2, 0) is 4.79 Å². The molecule has 148 valence electrons. The fourth-order valence-corrected chi connectivity index (χ4v) is 4.28. The van der Waals surface area contributed by atoms with Crippen molar-refractivity contribution in [3.05, 3.63) is 66.1 Å². The van der Waals surface area contributed by atoms with Gasteiger partial charge < -0.3 is 10.3 Å². The average molecular weight is 409 g/mol. The van der Waals surface area contributed by atoms with Crippen molar-refractivity contribution in [2.75, 3.05) is 5.32 Å². The van der Waals surface area contributed by atoms with E-state index in [4.69, 9.17) is 0 Å². The van der Waals surface area contributed by atoms with Gasteiger partial charge in [-0.15, -0.1) is 10.2 Å². The minimum absolute atomic E-state index is 0.0603. The maximum atomic E-state index is 13.9. The zero-order chi connectivity index (χ0) is 20.4. The lowest BCUT2D eigenvalue weighted by molar-refractivity contribution is -0.116. The Kier molecular flexibility index (Phi) is 5.40. The van der Waals surface area contributed by atoms with Crippen molar-refractivity contribution in [2.24, 2.45) is 5.92 Å². The van der Waals surface area contributed by atoms with Crippen molar-refractivity contribution in [3.63, 3.8) is 0 Å². The summed E-state index contributed by atoms with van der Waals surface area (Å²) in [6.07, 6.45) is 2.32. The van der Waals surface area contributed by atoms with Crippen molar-refractivity contribution in [1.29, 1.82) is 0 Å². The molecule has 4 aromatic rings. The Labute approximate surface area is 172 Å². The van der Waals surface area contributed by atoms with Gasteiger partial charge in [-0.1, -0.05) is 55.5 Å². The van der Waals surface area contributed by atoms with Crippen LogP contribution in [0.4, 0.5) is 9.52 Å². The van der Waals surface area contributed by atoms with E-state index in [-0.39, 0.29) is 23.6 Å². The van der Waals surface area contributed by atoms with E-state index in [1.165, 1.54) is 6.07 Å². The van der Waals surface area contributed by atoms with Gasteiger partial charge in [0.1, 0.15) is 5.82 Å². The number of nitrogens with one attached hydrogen (secondary N) is 2. The number of amides is 1. The van der Waals surface area contributed by atoms with Crippen LogP contribution in [0, 0.1) is 11.7 Å². The highest BCUT2D eigenvalue weighted by molar-refractivity contribution is 7.18. The van der Waals surface area contributed by atoms with Gasteiger partial charge in [-0.3, -0.25) is 4.79 Å². The predicted molar refractivity (Wildman–Crippen MR) is 114 cm³/mol. The number of carbonyl (C=O) groups is 1. The van der Waals surface area contributed by atoms with E-state index < -0.39 is 0 Å². The summed E-state index contributed by atoms with van der Waals surface area (Å²) >= 11 is 1.16. The Balaban J connectivity index is 1.50. The number of benzene rings is 2. The van der Waals surface area contributed by atoms with Gasteiger partial charge in [0.15, 0.2) is 5.01 Å². The first-order chi connectivity index (χ1) is 14.0. The average Bonchev–Trinajstić information content (AvgIpc) is 3.33. The number of carbonyl (C=O) groups excluding carboxylic acids is 1. The number of fused-ring (bicyclic) bond motifs is 1. The highest BCUT2D eigenvalue weighted by atomic mass is 32.1. The van der Waals surface area contributed by atoms with Crippen molar-refractivity contribution < 1.29 is 9.18 Å². The van der Waals surface area contributed by atoms with Gasteiger partial charge in [-0.05, 0) is 35.6 Å². The minimum atomic E-state index is -0.360. The third-order valence-corrected chi connectivity index (χ3v) is 5.88. The number of aromatic nitrogens is 3. The van der Waals surface area contributed by atoms with Crippen LogP contribution in [0.15, 0.2) is 54.7 Å². The first-order valence-electron chi connectivity index (χ1n) is 9.47. The molecule has 0 saturated carbocycles. The number of H-pyrrole nitrogens is 1. The fourth-order valence-electron chi connectivity index (χ4n) is 3.49. The molecule has 0 saturated heterocycles. The Morgan fingerprint density at radius 3 is 2.69 bits per heavy atom. The van der Waals surface area contributed by atoms with Crippen LogP contribution in [0.5, 0.6) is 0 Å². The lowest BCUT2D eigenvalue weighted by Gasteiger charge is -2.20. The summed E-state index contributed by atoms with van der Waals surface area (Å²) in [4.78, 5) is 16.0. The number of anilines is 1. The number of aromatic amines is 1. The third-order valence-electron chi connectivity index (χ3n) is 5.01. The Bertz CT molecular complexity index is 1150. The van der Waals surface area contributed by atoms with E-state index in [2.05, 4.69) is 40.4 Å². The molecular weight excluding hydrogens is 387 g/mol. The molecule has 0 aliphatic heterocycles. The molecular formula is C22H21FN4OS. The normalized spacial score (nSPS) is 12.4. The Hall–Kier alpha value is -3.06. The monoisotopic (exact) mass is 408 g/mol. The van der Waals surface area contributed by atoms with E-state index in [0.717, 1.165) is 27.8 Å². The topological polar surface area (TPSA) is 70.7 Å². The summed E-state index contributed by atoms with van der Waals surface area (Å²) in [7, 11) is 0. The number of hydrogen-bond donors (Lipinski definition) is 2. The molecule has 0 aliphatic carbocycles. The highest BCUT2D eigenvalue weighted by Crippen LogP contribution is 2.34. The van der Waals surface area contributed by atoms with E-state index in [0.29, 0.717) is 22.1 Å². The summed E-state index contributed by atoms with van der Waals surface area (Å²) < 4.78 is 13.9. The molecule has 2 aromatic heterocycles. The van der Waals surface area contributed by atoms with E-state index in [9.17, 15) is 9.18 Å². The molecule has 29 heavy (non-hydrogen) atoms. The van der Waals surface area contributed by atoms with Crippen molar-refractivity contribution >= 4 is 33.3 Å². The summed E-state index contributed by atoms with van der Waals surface area (Å²) in [5.41, 5.74) is 2.58. The van der Waals surface area contributed by atoms with Crippen molar-refractivity contribution in [3.8, 4) is 10.6 Å². The van der Waals surface area contributed by atoms with Crippen LogP contribution in [0.2, 0.25) is 0 Å². The molecule has 1 atom stereocenters. The van der Waals surface area contributed by atoms with Gasteiger partial charge in [0.05, 0.1) is 0 Å². The molecule has 2 N–H and O–H groups in total. The maximum Gasteiger partial charge on any atom is 0.226 e. The second-order valence-corrected chi connectivity index (χ2v) is 8.26. The Morgan fingerprint density at radius 1 is 1.14 bits per heavy atom. The molecule has 0 fully saturated rings. The zero-order valence-corrected chi connectivity index (χ0v) is 17.0. The van der Waals surface area contributed by atoms with Gasteiger partial charge in [-0.2, -0.15) is 0 Å². The van der Waals surface area contributed by atoms with Crippen LogP contribution in [0.25, 0.3) is 21.5 Å². The number of halogens is 1. The summed E-state index contributed by atoms with van der Waals surface area (Å²) in [6, 6.07) is 14.5. The molecule has 0 aliphatic rings. The van der Waals surface area contributed by atoms with Crippen molar-refractivity contribution in [1.82, 2.24) is 15.2 Å².